The van der Waals surface area contributed by atoms with Crippen LogP contribution in [0.2, 0.25) is 0 Å². The monoisotopic (exact) mass is 244 g/mol. The van der Waals surface area contributed by atoms with Crippen LogP contribution in [0, 0.1) is 5.92 Å². The second kappa shape index (κ2) is 4.50. The molecule has 1 heterocycles. The van der Waals surface area contributed by atoms with Crippen molar-refractivity contribution in [2.24, 2.45) is 5.92 Å². The molecular formula is C13H24O4. The molecule has 1 aliphatic heterocycles. The number of unbranched alkanes of at least 4 members (excludes halogenated alkanes) is 1. The van der Waals surface area contributed by atoms with E-state index in [1.807, 2.05) is 13.8 Å². The molecular weight excluding hydrogens is 220 g/mol. The summed E-state index contributed by atoms with van der Waals surface area (Å²) in [5, 5.41) is 20.5. The van der Waals surface area contributed by atoms with Crippen molar-refractivity contribution >= 4 is 0 Å². The molecule has 1 saturated heterocycles. The van der Waals surface area contributed by atoms with Gasteiger partial charge < -0.3 is 19.7 Å². The van der Waals surface area contributed by atoms with E-state index in [-0.39, 0.29) is 5.92 Å². The third-order valence-electron chi connectivity index (χ3n) is 3.92. The van der Waals surface area contributed by atoms with Gasteiger partial charge in [0.25, 0.3) is 0 Å². The zero-order valence-corrected chi connectivity index (χ0v) is 11.0. The molecule has 2 fully saturated rings. The summed E-state index contributed by atoms with van der Waals surface area (Å²) in [6.45, 7) is 6.14. The lowest BCUT2D eigenvalue weighted by Crippen LogP contribution is -2.42. The summed E-state index contributed by atoms with van der Waals surface area (Å²) < 4.78 is 11.0. The maximum atomic E-state index is 10.3. The molecule has 0 unspecified atom stereocenters. The van der Waals surface area contributed by atoms with Gasteiger partial charge in [0.05, 0.1) is 12.2 Å². The first-order chi connectivity index (χ1) is 7.89. The summed E-state index contributed by atoms with van der Waals surface area (Å²) in [6, 6.07) is 0. The molecule has 2 N–H and O–H groups in total. The number of rotatable bonds is 5. The summed E-state index contributed by atoms with van der Waals surface area (Å²) >= 11 is 0. The standard InChI is InChI=1S/C13H24O4/c1-4-5-6-9-7-13(9,15)11(14)10-8-16-12(2,3)17-10/h9-11,14-15H,4-8H2,1-3H3/t9-,10+,11-,13+/m1/s1. The quantitative estimate of drug-likeness (QED) is 0.768. The fraction of sp³-hybridized carbons (Fsp3) is 1.00. The second-order valence-electron chi connectivity index (χ2n) is 5.85. The lowest BCUT2D eigenvalue weighted by atomic mass is 10.0. The van der Waals surface area contributed by atoms with Crippen LogP contribution in [-0.4, -0.2) is 40.4 Å². The van der Waals surface area contributed by atoms with Gasteiger partial charge in [0.15, 0.2) is 5.79 Å². The number of aliphatic hydroxyl groups is 2. The maximum Gasteiger partial charge on any atom is 0.163 e. The van der Waals surface area contributed by atoms with Gasteiger partial charge in [-0.15, -0.1) is 0 Å². The van der Waals surface area contributed by atoms with E-state index in [2.05, 4.69) is 6.92 Å². The Kier molecular flexibility index (Phi) is 3.51. The first kappa shape index (κ1) is 13.3. The molecule has 4 atom stereocenters. The van der Waals surface area contributed by atoms with Crippen molar-refractivity contribution in [2.75, 3.05) is 6.61 Å². The molecule has 100 valence electrons. The van der Waals surface area contributed by atoms with E-state index in [4.69, 9.17) is 9.47 Å². The SMILES string of the molecule is CCCC[C@@H]1C[C@@]1(O)[C@H](O)[C@@H]1COC(C)(C)O1. The summed E-state index contributed by atoms with van der Waals surface area (Å²) in [6.07, 6.45) is 2.68. The van der Waals surface area contributed by atoms with E-state index in [1.54, 1.807) is 0 Å². The molecule has 0 aromatic heterocycles. The third-order valence-corrected chi connectivity index (χ3v) is 3.92. The molecule has 0 amide bonds. The Bertz CT molecular complexity index is 279. The van der Waals surface area contributed by atoms with Crippen LogP contribution in [0.3, 0.4) is 0 Å². The predicted molar refractivity (Wildman–Crippen MR) is 63.5 cm³/mol. The Morgan fingerprint density at radius 2 is 2.12 bits per heavy atom. The predicted octanol–water partition coefficient (Wildman–Crippen LogP) is 1.44. The number of ether oxygens (including phenoxy) is 2. The van der Waals surface area contributed by atoms with Crippen molar-refractivity contribution in [3.8, 4) is 0 Å². The molecule has 0 bridgehead atoms. The molecule has 0 aromatic rings. The topological polar surface area (TPSA) is 58.9 Å². The molecule has 0 radical (unpaired) electrons. The van der Waals surface area contributed by atoms with Crippen molar-refractivity contribution in [3.63, 3.8) is 0 Å². The summed E-state index contributed by atoms with van der Waals surface area (Å²) in [5.74, 6) is -0.416. The van der Waals surface area contributed by atoms with Gasteiger partial charge in [-0.25, -0.2) is 0 Å². The normalized spacial score (nSPS) is 41.5. The van der Waals surface area contributed by atoms with E-state index >= 15 is 0 Å². The third kappa shape index (κ3) is 2.65. The molecule has 0 spiro atoms. The zero-order valence-electron chi connectivity index (χ0n) is 11.0. The smallest absolute Gasteiger partial charge is 0.163 e. The molecule has 4 heteroatoms. The Labute approximate surface area is 103 Å². The zero-order chi connectivity index (χ0) is 12.7. The largest absolute Gasteiger partial charge is 0.387 e. The van der Waals surface area contributed by atoms with E-state index in [9.17, 15) is 10.2 Å². The van der Waals surface area contributed by atoms with Gasteiger partial charge in [-0.2, -0.15) is 0 Å². The van der Waals surface area contributed by atoms with Crippen LogP contribution in [0.1, 0.15) is 46.5 Å². The molecule has 1 saturated carbocycles. The van der Waals surface area contributed by atoms with Crippen LogP contribution >= 0.6 is 0 Å². The summed E-state index contributed by atoms with van der Waals surface area (Å²) in [4.78, 5) is 0. The van der Waals surface area contributed by atoms with Gasteiger partial charge in [-0.1, -0.05) is 19.8 Å². The van der Waals surface area contributed by atoms with Crippen molar-refractivity contribution in [1.29, 1.82) is 0 Å². The van der Waals surface area contributed by atoms with Crippen molar-refractivity contribution in [3.05, 3.63) is 0 Å². The number of aliphatic hydroxyl groups excluding tert-OH is 1. The Hall–Kier alpha value is -0.160. The number of hydrogen-bond acceptors (Lipinski definition) is 4. The van der Waals surface area contributed by atoms with E-state index in [0.29, 0.717) is 13.0 Å². The van der Waals surface area contributed by atoms with Gasteiger partial charge in [-0.3, -0.25) is 0 Å². The van der Waals surface area contributed by atoms with E-state index < -0.39 is 23.6 Å². The summed E-state index contributed by atoms with van der Waals surface area (Å²) in [5.41, 5.74) is -0.941. The highest BCUT2D eigenvalue weighted by atomic mass is 16.7. The average molecular weight is 244 g/mol. The highest BCUT2D eigenvalue weighted by molar-refractivity contribution is 5.10. The van der Waals surface area contributed by atoms with Crippen molar-refractivity contribution in [1.82, 2.24) is 0 Å². The molecule has 2 aliphatic rings. The van der Waals surface area contributed by atoms with Crippen molar-refractivity contribution < 1.29 is 19.7 Å². The Morgan fingerprint density at radius 3 is 2.65 bits per heavy atom. The van der Waals surface area contributed by atoms with Gasteiger partial charge in [0.1, 0.15) is 12.2 Å². The minimum atomic E-state index is -0.941. The van der Waals surface area contributed by atoms with Crippen LogP contribution < -0.4 is 0 Å². The maximum absolute atomic E-state index is 10.3. The summed E-state index contributed by atoms with van der Waals surface area (Å²) in [7, 11) is 0. The first-order valence-electron chi connectivity index (χ1n) is 6.61. The lowest BCUT2D eigenvalue weighted by Gasteiger charge is -2.25. The highest BCUT2D eigenvalue weighted by Crippen LogP contribution is 2.51. The second-order valence-corrected chi connectivity index (χ2v) is 5.85. The Morgan fingerprint density at radius 1 is 1.41 bits per heavy atom. The van der Waals surface area contributed by atoms with E-state index in [0.717, 1.165) is 19.3 Å². The fourth-order valence-electron chi connectivity index (χ4n) is 2.69. The molecule has 4 nitrogen and oxygen atoms in total. The van der Waals surface area contributed by atoms with E-state index in [1.165, 1.54) is 0 Å². The first-order valence-corrected chi connectivity index (χ1v) is 6.61. The van der Waals surface area contributed by atoms with Gasteiger partial charge in [0, 0.05) is 0 Å². The fourth-order valence-corrected chi connectivity index (χ4v) is 2.69. The molecule has 0 aromatic carbocycles. The molecule has 17 heavy (non-hydrogen) atoms. The highest BCUT2D eigenvalue weighted by Gasteiger charge is 2.60. The van der Waals surface area contributed by atoms with Crippen LogP contribution in [0.15, 0.2) is 0 Å². The molecule has 1 aliphatic carbocycles. The minimum absolute atomic E-state index is 0.227. The van der Waals surface area contributed by atoms with Crippen LogP contribution in [-0.2, 0) is 9.47 Å². The average Bonchev–Trinajstić information content (AvgIpc) is 2.79. The Balaban J connectivity index is 1.87. The van der Waals surface area contributed by atoms with Crippen LogP contribution in [0.25, 0.3) is 0 Å². The number of hydrogen-bond donors (Lipinski definition) is 2. The van der Waals surface area contributed by atoms with Crippen LogP contribution in [0.5, 0.6) is 0 Å². The van der Waals surface area contributed by atoms with Crippen molar-refractivity contribution in [2.45, 2.75) is 70.1 Å². The lowest BCUT2D eigenvalue weighted by molar-refractivity contribution is -0.164. The molecule has 2 rings (SSSR count). The van der Waals surface area contributed by atoms with Gasteiger partial charge in [0.2, 0.25) is 0 Å². The van der Waals surface area contributed by atoms with Gasteiger partial charge >= 0.3 is 0 Å². The van der Waals surface area contributed by atoms with Gasteiger partial charge in [-0.05, 0) is 32.6 Å². The minimum Gasteiger partial charge on any atom is -0.387 e. The van der Waals surface area contributed by atoms with Crippen LogP contribution in [0.4, 0.5) is 0 Å².